The molecule has 0 aliphatic carbocycles. The van der Waals surface area contributed by atoms with E-state index in [9.17, 15) is 0 Å². The molecule has 0 saturated heterocycles. The van der Waals surface area contributed by atoms with Crippen molar-refractivity contribution >= 4 is 0 Å². The zero-order valence-electron chi connectivity index (χ0n) is 15.0. The van der Waals surface area contributed by atoms with Crippen molar-refractivity contribution in [2.75, 3.05) is 0 Å². The predicted molar refractivity (Wildman–Crippen MR) is 83.6 cm³/mol. The quantitative estimate of drug-likeness (QED) is 0.674. The third-order valence-corrected chi connectivity index (χ3v) is 3.56. The number of aryl methyl sites for hydroxylation is 3. The first-order valence-electron chi connectivity index (χ1n) is 8.25. The Morgan fingerprint density at radius 1 is 1.05 bits per heavy atom. The van der Waals surface area contributed by atoms with Crippen molar-refractivity contribution in [3.05, 3.63) is 66.4 Å². The Bertz CT molecular complexity index is 871. The second-order valence-electron chi connectivity index (χ2n) is 5.02. The summed E-state index contributed by atoms with van der Waals surface area (Å²) in [7, 11) is 2.00. The summed E-state index contributed by atoms with van der Waals surface area (Å²) in [6, 6.07) is 12.2. The first-order chi connectivity index (χ1) is 11.4. The zero-order valence-corrected chi connectivity index (χ0v) is 12.0. The van der Waals surface area contributed by atoms with Gasteiger partial charge >= 0.3 is 0 Å². The van der Waals surface area contributed by atoms with E-state index in [1.54, 1.807) is 12.4 Å². The molecule has 3 heteroatoms. The fourth-order valence-corrected chi connectivity index (χ4v) is 2.35. The Kier molecular flexibility index (Phi) is 2.65. The molecular formula is C18H18N3+. The number of pyridine rings is 1. The van der Waals surface area contributed by atoms with Crippen molar-refractivity contribution in [3.8, 4) is 22.4 Å². The number of rotatable bonds is 2. The highest BCUT2D eigenvalue weighted by Crippen LogP contribution is 2.24. The van der Waals surface area contributed by atoms with Crippen molar-refractivity contribution in [2.24, 2.45) is 7.05 Å². The van der Waals surface area contributed by atoms with Gasteiger partial charge in [-0.2, -0.15) is 0 Å². The number of nitrogens with zero attached hydrogens (tertiary/aromatic N) is 3. The third-order valence-electron chi connectivity index (χ3n) is 3.56. The van der Waals surface area contributed by atoms with Crippen LogP contribution in [0.15, 0.2) is 55.0 Å². The third kappa shape index (κ3) is 2.68. The van der Waals surface area contributed by atoms with Gasteiger partial charge in [-0.15, -0.1) is 0 Å². The molecule has 3 aromatic rings. The Morgan fingerprint density at radius 3 is 2.52 bits per heavy atom. The molecule has 3 rings (SSSR count). The molecule has 0 amide bonds. The molecule has 0 aliphatic rings. The standard InChI is InChI=1S/C18H18N3/c1-13-6-4-5-7-17(13)18-10-15(8-9-21(18)3)16-11-19-14(2)20-12-16/h4-12H,1-3H3/q+1/i2D3. The highest BCUT2D eigenvalue weighted by Gasteiger charge is 2.13. The van der Waals surface area contributed by atoms with Crippen molar-refractivity contribution in [1.29, 1.82) is 0 Å². The van der Waals surface area contributed by atoms with Crippen LogP contribution < -0.4 is 4.57 Å². The van der Waals surface area contributed by atoms with E-state index in [0.29, 0.717) is 0 Å². The van der Waals surface area contributed by atoms with Crippen molar-refractivity contribution < 1.29 is 8.68 Å². The lowest BCUT2D eigenvalue weighted by molar-refractivity contribution is -0.660. The second-order valence-corrected chi connectivity index (χ2v) is 5.02. The Labute approximate surface area is 129 Å². The maximum absolute atomic E-state index is 7.35. The number of aromatic nitrogens is 3. The topological polar surface area (TPSA) is 29.7 Å². The number of hydrogen-bond acceptors (Lipinski definition) is 2. The molecule has 1 aromatic carbocycles. The van der Waals surface area contributed by atoms with Gasteiger partial charge < -0.3 is 0 Å². The molecule has 0 N–H and O–H groups in total. The summed E-state index contributed by atoms with van der Waals surface area (Å²) >= 11 is 0. The highest BCUT2D eigenvalue weighted by atomic mass is 14.9. The van der Waals surface area contributed by atoms with Gasteiger partial charge in [-0.1, -0.05) is 18.2 Å². The van der Waals surface area contributed by atoms with E-state index in [-0.39, 0.29) is 5.82 Å². The van der Waals surface area contributed by atoms with Gasteiger partial charge in [0.1, 0.15) is 12.9 Å². The van der Waals surface area contributed by atoms with Crippen LogP contribution in [0.25, 0.3) is 22.4 Å². The molecule has 104 valence electrons. The Morgan fingerprint density at radius 2 is 1.81 bits per heavy atom. The average Bonchev–Trinajstić information content (AvgIpc) is 2.55. The smallest absolute Gasteiger partial charge is 0.213 e. The van der Waals surface area contributed by atoms with E-state index < -0.39 is 6.85 Å². The monoisotopic (exact) mass is 279 g/mol. The fourth-order valence-electron chi connectivity index (χ4n) is 2.35. The molecule has 0 fully saturated rings. The number of hydrogen-bond donors (Lipinski definition) is 0. The molecule has 2 aromatic heterocycles. The minimum Gasteiger partial charge on any atom is -0.241 e. The van der Waals surface area contributed by atoms with Crippen LogP contribution in [0.5, 0.6) is 0 Å². The van der Waals surface area contributed by atoms with Crippen LogP contribution in [-0.4, -0.2) is 9.97 Å². The lowest BCUT2D eigenvalue weighted by atomic mass is 10.0. The van der Waals surface area contributed by atoms with E-state index in [1.165, 1.54) is 5.56 Å². The first kappa shape index (κ1) is 10.2. The van der Waals surface area contributed by atoms with Crippen LogP contribution in [0.3, 0.4) is 0 Å². The normalized spacial score (nSPS) is 13.3. The highest BCUT2D eigenvalue weighted by molar-refractivity contribution is 5.69. The van der Waals surface area contributed by atoms with Crippen LogP contribution in [0.1, 0.15) is 15.5 Å². The summed E-state index contributed by atoms with van der Waals surface area (Å²) < 4.78 is 24.1. The van der Waals surface area contributed by atoms with Gasteiger partial charge in [0.2, 0.25) is 5.69 Å². The molecular weight excluding hydrogens is 258 g/mol. The van der Waals surface area contributed by atoms with Gasteiger partial charge in [0, 0.05) is 39.8 Å². The summed E-state index contributed by atoms with van der Waals surface area (Å²) in [5, 5.41) is 0. The van der Waals surface area contributed by atoms with Crippen molar-refractivity contribution in [3.63, 3.8) is 0 Å². The van der Waals surface area contributed by atoms with Gasteiger partial charge in [0.05, 0.1) is 0 Å². The largest absolute Gasteiger partial charge is 0.241 e. The molecule has 0 saturated carbocycles. The minimum absolute atomic E-state index is 0.133. The summed E-state index contributed by atoms with van der Waals surface area (Å²) in [5.41, 5.74) is 5.16. The van der Waals surface area contributed by atoms with Gasteiger partial charge in [-0.3, -0.25) is 0 Å². The predicted octanol–water partition coefficient (Wildman–Crippen LogP) is 3.25. The second kappa shape index (κ2) is 5.44. The zero-order chi connectivity index (χ0) is 17.3. The van der Waals surface area contributed by atoms with Crippen LogP contribution in [0, 0.1) is 13.8 Å². The van der Waals surface area contributed by atoms with E-state index in [2.05, 4.69) is 39.7 Å². The maximum Gasteiger partial charge on any atom is 0.213 e. The first-order valence-corrected chi connectivity index (χ1v) is 6.75. The molecule has 0 bridgehead atoms. The van der Waals surface area contributed by atoms with Crippen molar-refractivity contribution in [1.82, 2.24) is 9.97 Å². The van der Waals surface area contributed by atoms with E-state index in [0.717, 1.165) is 22.4 Å². The Balaban J connectivity index is 2.05. The summed E-state index contributed by atoms with van der Waals surface area (Å²) in [4.78, 5) is 7.98. The Hall–Kier alpha value is -2.55. The van der Waals surface area contributed by atoms with Crippen LogP contribution >= 0.6 is 0 Å². The molecule has 0 atom stereocenters. The van der Waals surface area contributed by atoms with Gasteiger partial charge in [-0.25, -0.2) is 14.5 Å². The SMILES string of the molecule is [2H]C([2H])([2H])c1ncc(-c2cc[n+](C)c(-c3ccccc3C)c2)cn1. The fraction of sp³-hybridized carbons (Fsp3) is 0.167. The molecule has 0 aliphatic heterocycles. The van der Waals surface area contributed by atoms with Crippen LogP contribution in [0.2, 0.25) is 0 Å². The summed E-state index contributed by atoms with van der Waals surface area (Å²) in [5.74, 6) is -0.133. The van der Waals surface area contributed by atoms with Crippen LogP contribution in [0.4, 0.5) is 0 Å². The van der Waals surface area contributed by atoms with E-state index >= 15 is 0 Å². The maximum atomic E-state index is 7.35. The summed E-state index contributed by atoms with van der Waals surface area (Å²) in [6.07, 6.45) is 5.10. The molecule has 0 radical (unpaired) electrons. The van der Waals surface area contributed by atoms with Crippen LogP contribution in [-0.2, 0) is 7.05 Å². The van der Waals surface area contributed by atoms with Crippen molar-refractivity contribution in [2.45, 2.75) is 13.8 Å². The van der Waals surface area contributed by atoms with Gasteiger partial charge in [-0.05, 0) is 31.0 Å². The molecule has 3 nitrogen and oxygen atoms in total. The van der Waals surface area contributed by atoms with E-state index in [4.69, 9.17) is 4.11 Å². The number of benzene rings is 1. The molecule has 21 heavy (non-hydrogen) atoms. The van der Waals surface area contributed by atoms with E-state index in [1.807, 2.05) is 31.4 Å². The lowest BCUT2D eigenvalue weighted by Gasteiger charge is -2.06. The molecule has 0 unspecified atom stereocenters. The molecule has 0 spiro atoms. The van der Waals surface area contributed by atoms with Gasteiger partial charge in [0.25, 0.3) is 0 Å². The lowest BCUT2D eigenvalue weighted by Crippen LogP contribution is -2.30. The molecule has 2 heterocycles. The average molecular weight is 279 g/mol. The minimum atomic E-state index is -2.28. The summed E-state index contributed by atoms with van der Waals surface area (Å²) in [6.45, 7) is -0.204. The van der Waals surface area contributed by atoms with Gasteiger partial charge in [0.15, 0.2) is 6.20 Å².